The van der Waals surface area contributed by atoms with E-state index in [1.165, 1.54) is 19.2 Å². The lowest BCUT2D eigenvalue weighted by Crippen LogP contribution is -2.61. The topological polar surface area (TPSA) is 55.8 Å². The molecule has 35 heavy (non-hydrogen) atoms. The molecule has 1 atom stereocenters. The van der Waals surface area contributed by atoms with Gasteiger partial charge in [0, 0.05) is 31.9 Å². The first-order chi connectivity index (χ1) is 16.7. The first-order valence-corrected chi connectivity index (χ1v) is 11.3. The Bertz CT molecular complexity index is 1030. The zero-order valence-corrected chi connectivity index (χ0v) is 19.8. The maximum absolute atomic E-state index is 14.4. The molecule has 3 rings (SSSR count). The predicted molar refractivity (Wildman–Crippen MR) is 131 cm³/mol. The molecule has 0 bridgehead atoms. The number of hydrogen-bond acceptors (Lipinski definition) is 4. The Morgan fingerprint density at radius 1 is 0.857 bits per heavy atom. The van der Waals surface area contributed by atoms with Gasteiger partial charge in [-0.25, -0.2) is 4.79 Å². The molecule has 3 aromatic rings. The van der Waals surface area contributed by atoms with Gasteiger partial charge in [0.2, 0.25) is 5.54 Å². The van der Waals surface area contributed by atoms with Crippen molar-refractivity contribution in [3.63, 3.8) is 0 Å². The maximum atomic E-state index is 14.4. The predicted octanol–water partition coefficient (Wildman–Crippen LogP) is 4.89. The van der Waals surface area contributed by atoms with E-state index in [4.69, 9.17) is 0 Å². The van der Waals surface area contributed by atoms with Crippen LogP contribution in [0, 0.1) is 0 Å². The number of nitrogens with one attached hydrogen (secondary N) is 1. The van der Waals surface area contributed by atoms with Crippen LogP contribution in [0.2, 0.25) is 0 Å². The van der Waals surface area contributed by atoms with Crippen molar-refractivity contribution in [1.29, 1.82) is 0 Å². The summed E-state index contributed by atoms with van der Waals surface area (Å²) in [5, 5.41) is 12.6. The Morgan fingerprint density at radius 2 is 1.34 bits per heavy atom. The van der Waals surface area contributed by atoms with E-state index < -0.39 is 17.7 Å². The van der Waals surface area contributed by atoms with Crippen molar-refractivity contribution in [1.82, 2.24) is 10.2 Å². The fourth-order valence-corrected chi connectivity index (χ4v) is 4.22. The average molecular weight is 486 g/mol. The first kappa shape index (κ1) is 26.2. The lowest BCUT2D eigenvalue weighted by atomic mass is 9.87. The van der Waals surface area contributed by atoms with E-state index >= 15 is 0 Å². The number of benzene rings is 3. The third-order valence-electron chi connectivity index (χ3n) is 6.07. The number of aliphatic carboxylic acids is 1. The largest absolute Gasteiger partial charge is 0.479 e. The Kier molecular flexibility index (Phi) is 8.53. The third-order valence-corrected chi connectivity index (χ3v) is 6.07. The van der Waals surface area contributed by atoms with E-state index in [0.717, 1.165) is 16.0 Å². The van der Waals surface area contributed by atoms with Crippen molar-refractivity contribution in [2.45, 2.75) is 24.8 Å². The van der Waals surface area contributed by atoms with Crippen LogP contribution in [0.1, 0.15) is 16.7 Å². The molecular formula is C27H30F3N3O2. The normalized spacial score (nSPS) is 13.4. The number of anilines is 1. The zero-order valence-electron chi connectivity index (χ0n) is 19.8. The standard InChI is InChI=1S/C27H30F3N3O2/c1-31-17-18-32(2)26(25(34)35,27(28,29)30)23-13-15-24(16-14-23)33(19-21-9-5-3-6-10-21)20-22-11-7-4-8-12-22/h3-16,31H,17-20H2,1-2H3,(H,34,35). The van der Waals surface area contributed by atoms with Crippen LogP contribution in [0.25, 0.3) is 0 Å². The minimum Gasteiger partial charge on any atom is -0.479 e. The van der Waals surface area contributed by atoms with Crippen LogP contribution in [-0.4, -0.2) is 49.3 Å². The van der Waals surface area contributed by atoms with Gasteiger partial charge in [0.1, 0.15) is 0 Å². The highest BCUT2D eigenvalue weighted by Crippen LogP contribution is 2.44. The van der Waals surface area contributed by atoms with E-state index in [1.54, 1.807) is 19.2 Å². The zero-order chi connectivity index (χ0) is 25.5. The van der Waals surface area contributed by atoms with Gasteiger partial charge in [-0.05, 0) is 42.9 Å². The van der Waals surface area contributed by atoms with E-state index in [0.29, 0.717) is 18.8 Å². The molecule has 0 amide bonds. The molecule has 0 saturated carbocycles. The number of carboxylic acid groups (broad SMARTS) is 1. The lowest BCUT2D eigenvalue weighted by Gasteiger charge is -2.40. The lowest BCUT2D eigenvalue weighted by molar-refractivity contribution is -0.239. The second-order valence-electron chi connectivity index (χ2n) is 8.41. The summed E-state index contributed by atoms with van der Waals surface area (Å²) < 4.78 is 43.1. The molecule has 0 radical (unpaired) electrons. The minimum absolute atomic E-state index is 0.0990. The maximum Gasteiger partial charge on any atom is 0.421 e. The number of nitrogens with zero attached hydrogens (tertiary/aromatic N) is 2. The molecule has 0 heterocycles. The molecule has 8 heteroatoms. The van der Waals surface area contributed by atoms with Crippen molar-refractivity contribution < 1.29 is 23.1 Å². The molecule has 0 aliphatic rings. The monoisotopic (exact) mass is 485 g/mol. The Hall–Kier alpha value is -3.36. The highest BCUT2D eigenvalue weighted by molar-refractivity contribution is 5.82. The third kappa shape index (κ3) is 5.83. The van der Waals surface area contributed by atoms with E-state index in [2.05, 4.69) is 10.2 Å². The Balaban J connectivity index is 2.01. The minimum atomic E-state index is -5.03. The summed E-state index contributed by atoms with van der Waals surface area (Å²) in [6.45, 7) is 1.20. The number of hydrogen-bond donors (Lipinski definition) is 2. The summed E-state index contributed by atoms with van der Waals surface area (Å²) in [6.07, 6.45) is -5.03. The fraction of sp³-hybridized carbons (Fsp3) is 0.296. The van der Waals surface area contributed by atoms with Gasteiger partial charge in [0.05, 0.1) is 0 Å². The first-order valence-electron chi connectivity index (χ1n) is 11.3. The molecule has 1 unspecified atom stereocenters. The molecule has 0 aliphatic heterocycles. The summed E-state index contributed by atoms with van der Waals surface area (Å²) in [4.78, 5) is 15.1. The van der Waals surface area contributed by atoms with Gasteiger partial charge in [0.25, 0.3) is 0 Å². The van der Waals surface area contributed by atoms with Crippen molar-refractivity contribution in [2.24, 2.45) is 0 Å². The Morgan fingerprint density at radius 3 is 1.74 bits per heavy atom. The molecule has 0 aliphatic carbocycles. The number of carboxylic acids is 1. The van der Waals surface area contributed by atoms with E-state index in [-0.39, 0.29) is 18.7 Å². The van der Waals surface area contributed by atoms with Gasteiger partial charge in [0.15, 0.2) is 0 Å². The van der Waals surface area contributed by atoms with Gasteiger partial charge >= 0.3 is 12.1 Å². The molecule has 2 N–H and O–H groups in total. The SMILES string of the molecule is CNCCN(C)C(C(=O)O)(c1ccc(N(Cc2ccccc2)Cc2ccccc2)cc1)C(F)(F)F. The summed E-state index contributed by atoms with van der Waals surface area (Å²) in [6, 6.07) is 25.2. The number of carbonyl (C=O) groups is 1. The fourth-order valence-electron chi connectivity index (χ4n) is 4.22. The van der Waals surface area contributed by atoms with Crippen LogP contribution in [0.5, 0.6) is 0 Å². The van der Waals surface area contributed by atoms with E-state index in [1.807, 2.05) is 60.7 Å². The molecule has 0 saturated heterocycles. The number of likely N-dealkylation sites (N-methyl/N-ethyl adjacent to an activating group) is 2. The van der Waals surface area contributed by atoms with Gasteiger partial charge in [-0.2, -0.15) is 13.2 Å². The van der Waals surface area contributed by atoms with Crippen molar-refractivity contribution in [3.05, 3.63) is 102 Å². The van der Waals surface area contributed by atoms with Gasteiger partial charge < -0.3 is 15.3 Å². The number of alkyl halides is 3. The molecule has 3 aromatic carbocycles. The second kappa shape index (κ2) is 11.4. The summed E-state index contributed by atoms with van der Waals surface area (Å²) in [5.74, 6) is -1.96. The van der Waals surface area contributed by atoms with Gasteiger partial charge in [-0.1, -0.05) is 72.8 Å². The highest BCUT2D eigenvalue weighted by atomic mass is 19.4. The average Bonchev–Trinajstić information content (AvgIpc) is 2.83. The number of halogens is 3. The van der Waals surface area contributed by atoms with Crippen LogP contribution in [-0.2, 0) is 23.4 Å². The highest BCUT2D eigenvalue weighted by Gasteiger charge is 2.64. The van der Waals surface area contributed by atoms with Crippen LogP contribution >= 0.6 is 0 Å². The van der Waals surface area contributed by atoms with Crippen LogP contribution in [0.3, 0.4) is 0 Å². The van der Waals surface area contributed by atoms with Crippen LogP contribution in [0.4, 0.5) is 18.9 Å². The van der Waals surface area contributed by atoms with Gasteiger partial charge in [-0.15, -0.1) is 0 Å². The molecule has 0 aromatic heterocycles. The smallest absolute Gasteiger partial charge is 0.421 e. The van der Waals surface area contributed by atoms with Crippen LogP contribution in [0.15, 0.2) is 84.9 Å². The summed E-state index contributed by atoms with van der Waals surface area (Å²) in [5.41, 5.74) is -0.699. The molecule has 0 fully saturated rings. The summed E-state index contributed by atoms with van der Waals surface area (Å²) in [7, 11) is 2.79. The molecular weight excluding hydrogens is 455 g/mol. The van der Waals surface area contributed by atoms with Gasteiger partial charge in [-0.3, -0.25) is 4.90 Å². The molecule has 5 nitrogen and oxygen atoms in total. The van der Waals surface area contributed by atoms with Crippen LogP contribution < -0.4 is 10.2 Å². The summed E-state index contributed by atoms with van der Waals surface area (Å²) >= 11 is 0. The quantitative estimate of drug-likeness (QED) is 0.405. The second-order valence-corrected chi connectivity index (χ2v) is 8.41. The van der Waals surface area contributed by atoms with Crippen molar-refractivity contribution in [2.75, 3.05) is 32.1 Å². The van der Waals surface area contributed by atoms with Crippen molar-refractivity contribution in [3.8, 4) is 0 Å². The molecule has 186 valence electrons. The van der Waals surface area contributed by atoms with Crippen molar-refractivity contribution >= 4 is 11.7 Å². The van der Waals surface area contributed by atoms with E-state index in [9.17, 15) is 23.1 Å². The molecule has 0 spiro atoms. The number of rotatable bonds is 11. The Labute approximate surface area is 203 Å².